The summed E-state index contributed by atoms with van der Waals surface area (Å²) >= 11 is 1.28. The topological polar surface area (TPSA) is 62.3 Å². The third-order valence-electron chi connectivity index (χ3n) is 6.28. The third kappa shape index (κ3) is 4.08. The molecule has 1 N–H and O–H groups in total. The number of hydrogen-bond donors (Lipinski definition) is 1. The highest BCUT2D eigenvalue weighted by atomic mass is 32.1. The first-order valence-corrected chi connectivity index (χ1v) is 10.8. The number of amides is 2. The van der Waals surface area contributed by atoms with Gasteiger partial charge in [-0.3, -0.25) is 9.59 Å². The van der Waals surface area contributed by atoms with Crippen LogP contribution in [0.1, 0.15) is 40.7 Å². The fourth-order valence-electron chi connectivity index (χ4n) is 4.76. The van der Waals surface area contributed by atoms with Crippen LogP contribution in [0.4, 0.5) is 13.2 Å². The van der Waals surface area contributed by atoms with Crippen LogP contribution in [0.3, 0.4) is 0 Å². The molecule has 0 bridgehead atoms. The molecule has 1 saturated heterocycles. The normalized spacial score (nSPS) is 26.1. The maximum absolute atomic E-state index is 12.8. The van der Waals surface area contributed by atoms with Crippen LogP contribution >= 0.6 is 11.3 Å². The smallest absolute Gasteiger partial charge is 0.350 e. The highest BCUT2D eigenvalue weighted by Gasteiger charge is 2.50. The minimum Gasteiger partial charge on any atom is -0.350 e. The molecule has 2 amide bonds. The van der Waals surface area contributed by atoms with Crippen LogP contribution in [-0.2, 0) is 17.5 Å². The Hall–Kier alpha value is -2.42. The van der Waals surface area contributed by atoms with Gasteiger partial charge in [0.15, 0.2) is 5.01 Å². The minimum absolute atomic E-state index is 0.0213. The van der Waals surface area contributed by atoms with E-state index in [0.717, 1.165) is 18.6 Å². The van der Waals surface area contributed by atoms with Crippen molar-refractivity contribution in [1.82, 2.24) is 15.2 Å². The maximum atomic E-state index is 12.8. The van der Waals surface area contributed by atoms with E-state index < -0.39 is 11.7 Å². The number of carbonyl (C=O) groups is 2. The van der Waals surface area contributed by atoms with Gasteiger partial charge in [-0.05, 0) is 41.9 Å². The molecule has 1 aromatic heterocycles. The van der Waals surface area contributed by atoms with E-state index in [0.29, 0.717) is 36.0 Å². The summed E-state index contributed by atoms with van der Waals surface area (Å²) in [6.45, 7) is 2.92. The number of halogens is 3. The van der Waals surface area contributed by atoms with Gasteiger partial charge < -0.3 is 10.2 Å². The standard InChI is InChI=1S/C21H22F3N3O2S/c1-12-8-17-15(16(12)10-26-19(29)20-25-6-7-30-20)9-18(28)27(17)11-13-2-4-14(5-3-13)21(22,23)24/h2-7,12,15-17H,8-11H2,1H3,(H,26,29)/t12-,15-,16+,17+/m0/s1. The van der Waals surface area contributed by atoms with Gasteiger partial charge in [-0.2, -0.15) is 13.2 Å². The zero-order valence-electron chi connectivity index (χ0n) is 16.4. The Labute approximate surface area is 176 Å². The third-order valence-corrected chi connectivity index (χ3v) is 7.05. The first-order chi connectivity index (χ1) is 14.2. The lowest BCUT2D eigenvalue weighted by atomic mass is 9.88. The van der Waals surface area contributed by atoms with E-state index in [1.165, 1.54) is 23.5 Å². The monoisotopic (exact) mass is 437 g/mol. The molecule has 5 nitrogen and oxygen atoms in total. The van der Waals surface area contributed by atoms with Gasteiger partial charge in [0, 0.05) is 37.1 Å². The summed E-state index contributed by atoms with van der Waals surface area (Å²) in [4.78, 5) is 30.7. The average Bonchev–Trinajstić information content (AvgIpc) is 3.39. The molecule has 1 saturated carbocycles. The molecule has 30 heavy (non-hydrogen) atoms. The highest BCUT2D eigenvalue weighted by Crippen LogP contribution is 2.46. The second-order valence-electron chi connectivity index (χ2n) is 8.08. The fraction of sp³-hybridized carbons (Fsp3) is 0.476. The summed E-state index contributed by atoms with van der Waals surface area (Å²) in [5.74, 6) is 0.471. The number of carbonyl (C=O) groups excluding carboxylic acids is 2. The number of nitrogens with one attached hydrogen (secondary N) is 1. The van der Waals surface area contributed by atoms with Crippen molar-refractivity contribution in [3.8, 4) is 0 Å². The van der Waals surface area contributed by atoms with Gasteiger partial charge in [0.1, 0.15) is 0 Å². The highest BCUT2D eigenvalue weighted by molar-refractivity contribution is 7.11. The van der Waals surface area contributed by atoms with E-state index in [1.54, 1.807) is 16.5 Å². The summed E-state index contributed by atoms with van der Waals surface area (Å²) < 4.78 is 38.3. The van der Waals surface area contributed by atoms with Crippen molar-refractivity contribution in [2.75, 3.05) is 6.54 Å². The zero-order chi connectivity index (χ0) is 21.5. The molecule has 4 atom stereocenters. The molecule has 2 fully saturated rings. The molecule has 1 aliphatic heterocycles. The van der Waals surface area contributed by atoms with E-state index in [2.05, 4.69) is 17.2 Å². The molecule has 0 spiro atoms. The van der Waals surface area contributed by atoms with Gasteiger partial charge in [-0.15, -0.1) is 11.3 Å². The van der Waals surface area contributed by atoms with Gasteiger partial charge in [0.05, 0.1) is 5.56 Å². The Bertz CT molecular complexity index is 915. The van der Waals surface area contributed by atoms with Gasteiger partial charge in [-0.25, -0.2) is 4.98 Å². The number of rotatable bonds is 5. The molecule has 1 aliphatic carbocycles. The van der Waals surface area contributed by atoms with Crippen molar-refractivity contribution < 1.29 is 22.8 Å². The molecule has 160 valence electrons. The van der Waals surface area contributed by atoms with Crippen molar-refractivity contribution in [3.63, 3.8) is 0 Å². The van der Waals surface area contributed by atoms with Gasteiger partial charge in [-0.1, -0.05) is 19.1 Å². The molecule has 2 heterocycles. The summed E-state index contributed by atoms with van der Waals surface area (Å²) in [6, 6.07) is 5.04. The largest absolute Gasteiger partial charge is 0.416 e. The lowest BCUT2D eigenvalue weighted by molar-refractivity contribution is -0.137. The molecule has 0 unspecified atom stereocenters. The minimum atomic E-state index is -4.37. The van der Waals surface area contributed by atoms with E-state index in [1.807, 2.05) is 0 Å². The summed E-state index contributed by atoms with van der Waals surface area (Å²) in [7, 11) is 0. The first-order valence-electron chi connectivity index (χ1n) is 9.87. The van der Waals surface area contributed by atoms with E-state index in [-0.39, 0.29) is 29.7 Å². The number of fused-ring (bicyclic) bond motifs is 1. The van der Waals surface area contributed by atoms with Crippen molar-refractivity contribution in [1.29, 1.82) is 0 Å². The van der Waals surface area contributed by atoms with E-state index in [9.17, 15) is 22.8 Å². The van der Waals surface area contributed by atoms with Crippen LogP contribution in [0.2, 0.25) is 0 Å². The quantitative estimate of drug-likeness (QED) is 0.770. The van der Waals surface area contributed by atoms with E-state index in [4.69, 9.17) is 0 Å². The lowest BCUT2D eigenvalue weighted by Gasteiger charge is -2.25. The number of thiazole rings is 1. The van der Waals surface area contributed by atoms with Crippen molar-refractivity contribution in [3.05, 3.63) is 52.0 Å². The van der Waals surface area contributed by atoms with Gasteiger partial charge >= 0.3 is 6.18 Å². The SMILES string of the molecule is C[C@H]1C[C@@H]2[C@@H](CC(=O)N2Cc2ccc(C(F)(F)F)cc2)[C@@H]1CNC(=O)c1nccs1. The second-order valence-corrected chi connectivity index (χ2v) is 8.97. The number of likely N-dealkylation sites (tertiary alicyclic amines) is 1. The molecule has 1 aromatic carbocycles. The fourth-order valence-corrected chi connectivity index (χ4v) is 5.31. The van der Waals surface area contributed by atoms with Crippen LogP contribution in [0.5, 0.6) is 0 Å². The van der Waals surface area contributed by atoms with Crippen LogP contribution in [-0.4, -0.2) is 34.3 Å². The molecular formula is C21H22F3N3O2S. The summed E-state index contributed by atoms with van der Waals surface area (Å²) in [6.07, 6.45) is -1.55. The predicted octanol–water partition coefficient (Wildman–Crippen LogP) is 3.97. The van der Waals surface area contributed by atoms with Crippen molar-refractivity contribution in [2.45, 2.75) is 38.5 Å². The molecule has 2 aliphatic rings. The molecule has 9 heteroatoms. The number of alkyl halides is 3. The maximum Gasteiger partial charge on any atom is 0.416 e. The molecular weight excluding hydrogens is 415 g/mol. The number of benzene rings is 1. The number of nitrogens with zero attached hydrogens (tertiary/aromatic N) is 2. The Kier molecular flexibility index (Phi) is 5.57. The predicted molar refractivity (Wildman–Crippen MR) is 106 cm³/mol. The first kappa shape index (κ1) is 20.8. The van der Waals surface area contributed by atoms with Crippen molar-refractivity contribution >= 4 is 23.2 Å². The Morgan fingerprint density at radius 3 is 2.67 bits per heavy atom. The average molecular weight is 437 g/mol. The number of hydrogen-bond acceptors (Lipinski definition) is 4. The van der Waals surface area contributed by atoms with Crippen LogP contribution in [0, 0.1) is 17.8 Å². The Balaban J connectivity index is 1.41. The van der Waals surface area contributed by atoms with Crippen LogP contribution in [0.25, 0.3) is 0 Å². The molecule has 0 radical (unpaired) electrons. The second kappa shape index (κ2) is 8.02. The van der Waals surface area contributed by atoms with E-state index >= 15 is 0 Å². The van der Waals surface area contributed by atoms with Crippen LogP contribution in [0.15, 0.2) is 35.8 Å². The summed E-state index contributed by atoms with van der Waals surface area (Å²) in [5.41, 5.74) is -0.00687. The lowest BCUT2D eigenvalue weighted by Crippen LogP contribution is -2.34. The number of aromatic nitrogens is 1. The van der Waals surface area contributed by atoms with Gasteiger partial charge in [0.2, 0.25) is 5.91 Å². The Morgan fingerprint density at radius 1 is 1.30 bits per heavy atom. The summed E-state index contributed by atoms with van der Waals surface area (Å²) in [5, 5.41) is 5.11. The zero-order valence-corrected chi connectivity index (χ0v) is 17.2. The molecule has 2 aromatic rings. The van der Waals surface area contributed by atoms with Gasteiger partial charge in [0.25, 0.3) is 5.91 Å². The Morgan fingerprint density at radius 2 is 2.03 bits per heavy atom. The molecule has 4 rings (SSSR count). The van der Waals surface area contributed by atoms with Crippen LogP contribution < -0.4 is 5.32 Å². The van der Waals surface area contributed by atoms with Crippen molar-refractivity contribution in [2.24, 2.45) is 17.8 Å².